The molecule has 0 amide bonds. The van der Waals surface area contributed by atoms with Crippen LogP contribution in [-0.2, 0) is 4.79 Å². The standard InChI is InChI=1S/C8H12F3NO2.ClH/c9-8(10,11)3-5-12-4-1-2-6(12)7(13)14;/h6H,1-5H2,(H,13,14);1H. The Balaban J connectivity index is 0.00000196. The third-order valence-corrected chi connectivity index (χ3v) is 2.33. The second-order valence-corrected chi connectivity index (χ2v) is 3.40. The van der Waals surface area contributed by atoms with Crippen molar-refractivity contribution in [3.05, 3.63) is 0 Å². The van der Waals surface area contributed by atoms with Crippen LogP contribution in [0.1, 0.15) is 19.3 Å². The Hall–Kier alpha value is -0.490. The second kappa shape index (κ2) is 5.55. The fraction of sp³-hybridized carbons (Fsp3) is 0.875. The zero-order chi connectivity index (χ0) is 10.8. The number of rotatable bonds is 3. The molecular weight excluding hydrogens is 235 g/mol. The molecule has 1 N–H and O–H groups in total. The van der Waals surface area contributed by atoms with Gasteiger partial charge in [0, 0.05) is 6.54 Å². The molecule has 1 rings (SSSR count). The molecule has 1 heterocycles. The lowest BCUT2D eigenvalue weighted by molar-refractivity contribution is -0.148. The van der Waals surface area contributed by atoms with Crippen LogP contribution in [0.4, 0.5) is 13.2 Å². The van der Waals surface area contributed by atoms with Crippen molar-refractivity contribution in [2.45, 2.75) is 31.5 Å². The van der Waals surface area contributed by atoms with Crippen molar-refractivity contribution < 1.29 is 23.1 Å². The number of alkyl halides is 3. The molecule has 0 radical (unpaired) electrons. The van der Waals surface area contributed by atoms with Gasteiger partial charge in [0.25, 0.3) is 0 Å². The number of likely N-dealkylation sites (tertiary alicyclic amines) is 1. The number of carboxylic acids is 1. The highest BCUT2D eigenvalue weighted by atomic mass is 35.5. The van der Waals surface area contributed by atoms with Gasteiger partial charge in [0.05, 0.1) is 6.42 Å². The van der Waals surface area contributed by atoms with E-state index >= 15 is 0 Å². The molecule has 15 heavy (non-hydrogen) atoms. The van der Waals surface area contributed by atoms with Crippen molar-refractivity contribution in [1.29, 1.82) is 0 Å². The average Bonchev–Trinajstić information content (AvgIpc) is 2.46. The summed E-state index contributed by atoms with van der Waals surface area (Å²) in [6.45, 7) is 0.244. The highest BCUT2D eigenvalue weighted by Crippen LogP contribution is 2.23. The minimum absolute atomic E-state index is 0. The first-order chi connectivity index (χ1) is 6.40. The maximum atomic E-state index is 11.9. The van der Waals surface area contributed by atoms with Crippen molar-refractivity contribution in [3.63, 3.8) is 0 Å². The van der Waals surface area contributed by atoms with E-state index in [9.17, 15) is 18.0 Å². The molecule has 0 spiro atoms. The molecule has 90 valence electrons. The summed E-state index contributed by atoms with van der Waals surface area (Å²) in [5, 5.41) is 8.69. The van der Waals surface area contributed by atoms with Crippen LogP contribution in [0.2, 0.25) is 0 Å². The van der Waals surface area contributed by atoms with Gasteiger partial charge in [-0.15, -0.1) is 12.4 Å². The van der Waals surface area contributed by atoms with Gasteiger partial charge in [-0.25, -0.2) is 0 Å². The molecule has 0 aromatic heterocycles. The van der Waals surface area contributed by atoms with E-state index in [4.69, 9.17) is 5.11 Å². The average molecular weight is 248 g/mol. The molecule has 1 aliphatic heterocycles. The number of carboxylic acid groups (broad SMARTS) is 1. The van der Waals surface area contributed by atoms with Gasteiger partial charge in [0.2, 0.25) is 0 Å². The van der Waals surface area contributed by atoms with Gasteiger partial charge in [-0.2, -0.15) is 13.2 Å². The summed E-state index contributed by atoms with van der Waals surface area (Å²) >= 11 is 0. The third-order valence-electron chi connectivity index (χ3n) is 2.33. The van der Waals surface area contributed by atoms with Crippen LogP contribution < -0.4 is 0 Å². The predicted molar refractivity (Wildman–Crippen MR) is 50.2 cm³/mol. The monoisotopic (exact) mass is 247 g/mol. The van der Waals surface area contributed by atoms with E-state index in [1.165, 1.54) is 4.90 Å². The Bertz CT molecular complexity index is 222. The Kier molecular flexibility index (Phi) is 5.37. The normalized spacial score (nSPS) is 22.5. The van der Waals surface area contributed by atoms with Crippen LogP contribution in [0.3, 0.4) is 0 Å². The van der Waals surface area contributed by atoms with Gasteiger partial charge in [0.15, 0.2) is 0 Å². The molecule has 1 unspecified atom stereocenters. The second-order valence-electron chi connectivity index (χ2n) is 3.40. The van der Waals surface area contributed by atoms with Crippen LogP contribution >= 0.6 is 12.4 Å². The van der Waals surface area contributed by atoms with Crippen LogP contribution in [0.25, 0.3) is 0 Å². The van der Waals surface area contributed by atoms with Crippen molar-refractivity contribution in [2.75, 3.05) is 13.1 Å². The molecular formula is C8H13ClF3NO2. The number of hydrogen-bond donors (Lipinski definition) is 1. The van der Waals surface area contributed by atoms with Crippen molar-refractivity contribution in [3.8, 4) is 0 Å². The van der Waals surface area contributed by atoms with Gasteiger partial charge in [0.1, 0.15) is 6.04 Å². The van der Waals surface area contributed by atoms with E-state index in [2.05, 4.69) is 0 Å². The smallest absolute Gasteiger partial charge is 0.390 e. The lowest BCUT2D eigenvalue weighted by Gasteiger charge is -2.21. The van der Waals surface area contributed by atoms with E-state index in [-0.39, 0.29) is 19.0 Å². The maximum absolute atomic E-state index is 11.9. The van der Waals surface area contributed by atoms with Gasteiger partial charge >= 0.3 is 12.1 Å². The molecule has 1 aliphatic rings. The maximum Gasteiger partial charge on any atom is 0.390 e. The van der Waals surface area contributed by atoms with Crippen LogP contribution in [0, 0.1) is 0 Å². The number of nitrogens with zero attached hydrogens (tertiary/aromatic N) is 1. The van der Waals surface area contributed by atoms with Crippen LogP contribution in [-0.4, -0.2) is 41.3 Å². The number of aliphatic carboxylic acids is 1. The van der Waals surface area contributed by atoms with E-state index in [0.717, 1.165) is 0 Å². The Morgan fingerprint density at radius 3 is 2.53 bits per heavy atom. The summed E-state index contributed by atoms with van der Waals surface area (Å²) in [6, 6.07) is -0.725. The summed E-state index contributed by atoms with van der Waals surface area (Å²) in [7, 11) is 0. The first-order valence-electron chi connectivity index (χ1n) is 4.44. The van der Waals surface area contributed by atoms with Gasteiger partial charge in [-0.3, -0.25) is 9.69 Å². The van der Waals surface area contributed by atoms with Crippen molar-refractivity contribution in [2.24, 2.45) is 0 Å². The number of hydrogen-bond acceptors (Lipinski definition) is 2. The Morgan fingerprint density at radius 1 is 1.47 bits per heavy atom. The number of carbonyl (C=O) groups is 1. The molecule has 0 aromatic carbocycles. The van der Waals surface area contributed by atoms with Crippen LogP contribution in [0.15, 0.2) is 0 Å². The molecule has 7 heteroatoms. The summed E-state index contributed by atoms with van der Waals surface area (Å²) in [4.78, 5) is 12.0. The Labute approximate surface area is 91.7 Å². The minimum Gasteiger partial charge on any atom is -0.480 e. The summed E-state index contributed by atoms with van der Waals surface area (Å²) in [5.74, 6) is -1.02. The quantitative estimate of drug-likeness (QED) is 0.828. The predicted octanol–water partition coefficient (Wildman–Crippen LogP) is 1.91. The molecule has 3 nitrogen and oxygen atoms in total. The van der Waals surface area contributed by atoms with Crippen molar-refractivity contribution >= 4 is 18.4 Å². The zero-order valence-corrected chi connectivity index (χ0v) is 8.77. The molecule has 1 atom stereocenters. The van der Waals surface area contributed by atoms with Gasteiger partial charge < -0.3 is 5.11 Å². The highest BCUT2D eigenvalue weighted by molar-refractivity contribution is 5.85. The zero-order valence-electron chi connectivity index (χ0n) is 7.96. The molecule has 0 bridgehead atoms. The fourth-order valence-corrected chi connectivity index (χ4v) is 1.64. The minimum atomic E-state index is -4.20. The summed E-state index contributed by atoms with van der Waals surface area (Å²) in [5.41, 5.74) is 0. The molecule has 1 fully saturated rings. The summed E-state index contributed by atoms with van der Waals surface area (Å²) in [6.07, 6.45) is -4.02. The molecule has 1 saturated heterocycles. The first-order valence-corrected chi connectivity index (χ1v) is 4.44. The molecule has 0 aliphatic carbocycles. The topological polar surface area (TPSA) is 40.5 Å². The van der Waals surface area contributed by atoms with Gasteiger partial charge in [-0.1, -0.05) is 0 Å². The first kappa shape index (κ1) is 14.5. The van der Waals surface area contributed by atoms with Gasteiger partial charge in [-0.05, 0) is 19.4 Å². The fourth-order valence-electron chi connectivity index (χ4n) is 1.64. The number of halogens is 4. The van der Waals surface area contributed by atoms with Crippen molar-refractivity contribution in [1.82, 2.24) is 4.90 Å². The SMILES string of the molecule is Cl.O=C(O)C1CCCN1CCC(F)(F)F. The van der Waals surface area contributed by atoms with E-state index < -0.39 is 24.6 Å². The molecule has 0 saturated carbocycles. The Morgan fingerprint density at radius 2 is 2.07 bits per heavy atom. The molecule has 0 aromatic rings. The third kappa shape index (κ3) is 4.70. The van der Waals surface area contributed by atoms with Crippen LogP contribution in [0.5, 0.6) is 0 Å². The van der Waals surface area contributed by atoms with E-state index in [0.29, 0.717) is 19.4 Å². The largest absolute Gasteiger partial charge is 0.480 e. The lowest BCUT2D eigenvalue weighted by Crippen LogP contribution is -2.37. The summed E-state index contributed by atoms with van der Waals surface area (Å²) < 4.78 is 35.6. The highest BCUT2D eigenvalue weighted by Gasteiger charge is 2.34. The van der Waals surface area contributed by atoms with E-state index in [1.54, 1.807) is 0 Å². The van der Waals surface area contributed by atoms with E-state index in [1.807, 2.05) is 0 Å². The lowest BCUT2D eigenvalue weighted by atomic mass is 10.2.